The Kier molecular flexibility index (Phi) is 5.48. The molecule has 5 heteroatoms. The van der Waals surface area contributed by atoms with Crippen molar-refractivity contribution in [3.63, 3.8) is 0 Å². The molecule has 0 bridgehead atoms. The van der Waals surface area contributed by atoms with Gasteiger partial charge in [0.15, 0.2) is 11.5 Å². The van der Waals surface area contributed by atoms with Crippen LogP contribution in [0.25, 0.3) is 0 Å². The van der Waals surface area contributed by atoms with Gasteiger partial charge in [0.05, 0.1) is 27.0 Å². The molecule has 19 heavy (non-hydrogen) atoms. The molecule has 0 fully saturated rings. The lowest BCUT2D eigenvalue weighted by atomic mass is 10.2. The summed E-state index contributed by atoms with van der Waals surface area (Å²) in [6.07, 6.45) is 0.494. The second-order valence-corrected chi connectivity index (χ2v) is 4.25. The molecule has 0 saturated carbocycles. The monoisotopic (exact) mass is 267 g/mol. The minimum atomic E-state index is 0.159. The lowest BCUT2D eigenvalue weighted by Gasteiger charge is -2.22. The van der Waals surface area contributed by atoms with Gasteiger partial charge in [0.1, 0.15) is 11.5 Å². The van der Waals surface area contributed by atoms with E-state index in [0.29, 0.717) is 30.2 Å². The van der Waals surface area contributed by atoms with Crippen LogP contribution in [0.2, 0.25) is 0 Å². The summed E-state index contributed by atoms with van der Waals surface area (Å²) in [6.45, 7) is 2.21. The molecule has 5 nitrogen and oxygen atoms in total. The van der Waals surface area contributed by atoms with Crippen LogP contribution in [0.5, 0.6) is 17.2 Å². The van der Waals surface area contributed by atoms with E-state index in [1.54, 1.807) is 34.3 Å². The first-order chi connectivity index (χ1) is 9.03. The average molecular weight is 267 g/mol. The molecule has 0 aromatic heterocycles. The molecule has 0 aliphatic rings. The van der Waals surface area contributed by atoms with Gasteiger partial charge in [0, 0.05) is 32.1 Å². The highest BCUT2D eigenvalue weighted by Gasteiger charge is 2.15. The molecule has 0 amide bonds. The topological polar surface area (TPSA) is 48.0 Å². The molecular formula is C14H21NO4. The third-order valence-electron chi connectivity index (χ3n) is 2.90. The van der Waals surface area contributed by atoms with Crippen molar-refractivity contribution in [2.75, 3.05) is 39.8 Å². The average Bonchev–Trinajstić information content (AvgIpc) is 2.42. The molecule has 0 unspecified atom stereocenters. The lowest BCUT2D eigenvalue weighted by Crippen LogP contribution is -2.21. The Hall–Kier alpha value is -1.91. The molecule has 1 aromatic rings. The van der Waals surface area contributed by atoms with Gasteiger partial charge >= 0.3 is 0 Å². The first-order valence-corrected chi connectivity index (χ1v) is 6.04. The van der Waals surface area contributed by atoms with Gasteiger partial charge < -0.3 is 19.1 Å². The van der Waals surface area contributed by atoms with Crippen molar-refractivity contribution >= 4 is 11.5 Å². The Balaban J connectivity index is 3.06. The summed E-state index contributed by atoms with van der Waals surface area (Å²) in [5, 5.41) is 0. The Morgan fingerprint density at radius 3 is 2.05 bits per heavy atom. The minimum absolute atomic E-state index is 0.159. The van der Waals surface area contributed by atoms with Gasteiger partial charge in [0.25, 0.3) is 0 Å². The summed E-state index contributed by atoms with van der Waals surface area (Å²) < 4.78 is 15.9. The lowest BCUT2D eigenvalue weighted by molar-refractivity contribution is -0.116. The minimum Gasteiger partial charge on any atom is -0.494 e. The number of hydrogen-bond donors (Lipinski definition) is 0. The quantitative estimate of drug-likeness (QED) is 0.757. The summed E-state index contributed by atoms with van der Waals surface area (Å²) in [5.74, 6) is 2.09. The number of carbonyl (C=O) groups is 1. The van der Waals surface area contributed by atoms with E-state index in [0.717, 1.165) is 5.69 Å². The van der Waals surface area contributed by atoms with Crippen LogP contribution < -0.4 is 19.1 Å². The molecule has 0 N–H and O–H groups in total. The Labute approximate surface area is 114 Å². The number of ether oxygens (including phenoxy) is 3. The van der Waals surface area contributed by atoms with Crippen molar-refractivity contribution in [1.82, 2.24) is 0 Å². The van der Waals surface area contributed by atoms with Gasteiger partial charge in [-0.1, -0.05) is 0 Å². The molecule has 0 radical (unpaired) electrons. The van der Waals surface area contributed by atoms with Crippen molar-refractivity contribution in [2.24, 2.45) is 0 Å². The van der Waals surface area contributed by atoms with E-state index in [-0.39, 0.29) is 5.78 Å². The Morgan fingerprint density at radius 1 is 1.05 bits per heavy atom. The van der Waals surface area contributed by atoms with Crippen LogP contribution in [-0.2, 0) is 4.79 Å². The van der Waals surface area contributed by atoms with E-state index in [2.05, 4.69) is 0 Å². The highest BCUT2D eigenvalue weighted by atomic mass is 16.5. The number of Topliss-reactive ketones (excluding diaryl/α,β-unsaturated/α-hetero) is 1. The largest absolute Gasteiger partial charge is 0.494 e. The molecule has 106 valence electrons. The summed E-state index contributed by atoms with van der Waals surface area (Å²) in [4.78, 5) is 13.0. The zero-order chi connectivity index (χ0) is 14.4. The van der Waals surface area contributed by atoms with Gasteiger partial charge in [-0.3, -0.25) is 4.79 Å². The number of nitrogens with zero attached hydrogens (tertiary/aromatic N) is 1. The van der Waals surface area contributed by atoms with E-state index >= 15 is 0 Å². The standard InChI is InChI=1S/C14H21NO4/c1-10(16)6-7-15(2)11-8-13(18-4)14(19-5)9-12(11)17-3/h8-9H,6-7H2,1-5H3. The second-order valence-electron chi connectivity index (χ2n) is 4.25. The van der Waals surface area contributed by atoms with Crippen LogP contribution in [0.4, 0.5) is 5.69 Å². The van der Waals surface area contributed by atoms with Crippen LogP contribution in [0.3, 0.4) is 0 Å². The van der Waals surface area contributed by atoms with Crippen molar-refractivity contribution in [3.8, 4) is 17.2 Å². The molecule has 1 aromatic carbocycles. The van der Waals surface area contributed by atoms with Gasteiger partial charge in [-0.15, -0.1) is 0 Å². The summed E-state index contributed by atoms with van der Waals surface area (Å²) in [6, 6.07) is 3.62. The van der Waals surface area contributed by atoms with Gasteiger partial charge in [-0.2, -0.15) is 0 Å². The first-order valence-electron chi connectivity index (χ1n) is 6.04. The molecule has 0 heterocycles. The van der Waals surface area contributed by atoms with Crippen LogP contribution in [0.15, 0.2) is 12.1 Å². The highest BCUT2D eigenvalue weighted by molar-refractivity contribution is 5.76. The van der Waals surface area contributed by atoms with Crippen LogP contribution >= 0.6 is 0 Å². The summed E-state index contributed by atoms with van der Waals surface area (Å²) in [5.41, 5.74) is 0.862. The van der Waals surface area contributed by atoms with E-state index in [9.17, 15) is 4.79 Å². The van der Waals surface area contributed by atoms with Crippen LogP contribution in [0.1, 0.15) is 13.3 Å². The molecular weight excluding hydrogens is 246 g/mol. The fourth-order valence-corrected chi connectivity index (χ4v) is 1.76. The molecule has 0 aliphatic carbocycles. The van der Waals surface area contributed by atoms with E-state index in [4.69, 9.17) is 14.2 Å². The van der Waals surface area contributed by atoms with E-state index in [1.165, 1.54) is 0 Å². The predicted octanol–water partition coefficient (Wildman–Crippen LogP) is 2.13. The number of anilines is 1. The fraction of sp³-hybridized carbons (Fsp3) is 0.500. The van der Waals surface area contributed by atoms with Crippen LogP contribution in [0, 0.1) is 0 Å². The van der Waals surface area contributed by atoms with Crippen LogP contribution in [-0.4, -0.2) is 40.7 Å². The number of ketones is 1. The Bertz CT molecular complexity index is 445. The molecule has 1 rings (SSSR count). The molecule has 0 aliphatic heterocycles. The van der Waals surface area contributed by atoms with Crippen molar-refractivity contribution in [3.05, 3.63) is 12.1 Å². The van der Waals surface area contributed by atoms with Crippen molar-refractivity contribution in [2.45, 2.75) is 13.3 Å². The number of methoxy groups -OCH3 is 3. The zero-order valence-corrected chi connectivity index (χ0v) is 12.1. The smallest absolute Gasteiger partial charge is 0.164 e. The molecule has 0 atom stereocenters. The van der Waals surface area contributed by atoms with Gasteiger partial charge in [-0.05, 0) is 6.92 Å². The second kappa shape index (κ2) is 6.87. The normalized spacial score (nSPS) is 9.95. The number of carbonyl (C=O) groups excluding carboxylic acids is 1. The SMILES string of the molecule is COc1cc(OC)c(N(C)CCC(C)=O)cc1OC. The number of rotatable bonds is 7. The maximum Gasteiger partial charge on any atom is 0.164 e. The fourth-order valence-electron chi connectivity index (χ4n) is 1.76. The van der Waals surface area contributed by atoms with Gasteiger partial charge in [0.2, 0.25) is 0 Å². The maximum absolute atomic E-state index is 11.1. The summed E-state index contributed by atoms with van der Waals surface area (Å²) in [7, 11) is 6.68. The first kappa shape index (κ1) is 15.1. The van der Waals surface area contributed by atoms with Crippen molar-refractivity contribution < 1.29 is 19.0 Å². The Morgan fingerprint density at radius 2 is 1.58 bits per heavy atom. The van der Waals surface area contributed by atoms with E-state index < -0.39 is 0 Å². The molecule has 0 spiro atoms. The third-order valence-corrected chi connectivity index (χ3v) is 2.90. The van der Waals surface area contributed by atoms with Crippen molar-refractivity contribution in [1.29, 1.82) is 0 Å². The predicted molar refractivity (Wildman–Crippen MR) is 74.7 cm³/mol. The number of benzene rings is 1. The van der Waals surface area contributed by atoms with Gasteiger partial charge in [-0.25, -0.2) is 0 Å². The number of hydrogen-bond acceptors (Lipinski definition) is 5. The summed E-state index contributed by atoms with van der Waals surface area (Å²) >= 11 is 0. The molecule has 0 saturated heterocycles. The maximum atomic E-state index is 11.1. The third kappa shape index (κ3) is 3.77. The highest BCUT2D eigenvalue weighted by Crippen LogP contribution is 2.39. The zero-order valence-electron chi connectivity index (χ0n) is 12.1. The van der Waals surface area contributed by atoms with E-state index in [1.807, 2.05) is 18.0 Å².